The zero-order chi connectivity index (χ0) is 32.6. The van der Waals surface area contributed by atoms with Gasteiger partial charge in [0.15, 0.2) is 23.3 Å². The van der Waals surface area contributed by atoms with Gasteiger partial charge in [-0.3, -0.25) is 0 Å². The summed E-state index contributed by atoms with van der Waals surface area (Å²) in [7, 11) is 0. The topological polar surface area (TPSA) is 77.6 Å². The summed E-state index contributed by atoms with van der Waals surface area (Å²) in [4.78, 5) is 24.9. The molecule has 0 saturated carbocycles. The van der Waals surface area contributed by atoms with Gasteiger partial charge in [0.1, 0.15) is 11.2 Å². The number of nitrogens with zero attached hydrogens (tertiary/aromatic N) is 5. The van der Waals surface area contributed by atoms with Gasteiger partial charge in [-0.05, 0) is 30.3 Å². The first-order valence-corrected chi connectivity index (χ1v) is 16.1. The molecule has 0 bridgehead atoms. The van der Waals surface area contributed by atoms with Crippen LogP contribution >= 0.6 is 0 Å². The lowest BCUT2D eigenvalue weighted by Gasteiger charge is -2.09. The summed E-state index contributed by atoms with van der Waals surface area (Å²) in [5.74, 6) is 2.39. The van der Waals surface area contributed by atoms with Crippen LogP contribution in [0.25, 0.3) is 90.0 Å². The number of hydrogen-bond acceptors (Lipinski definition) is 6. The van der Waals surface area contributed by atoms with Gasteiger partial charge in [0.25, 0.3) is 0 Å². The van der Waals surface area contributed by atoms with Crippen molar-refractivity contribution in [2.24, 2.45) is 0 Å². The molecular weight excluding hydrogens is 603 g/mol. The third kappa shape index (κ3) is 5.41. The standard InChI is InChI=1S/C43H27N5O/c1-5-14-28(15-6-1)36-27-37(29-16-7-2-8-17-29)45-42(44-36)32-24-25-38-35(26-32)33-22-13-23-34(39(33)49-38)43-47-40(30-18-9-3-10-19-30)46-41(48-43)31-20-11-4-12-21-31/h1-27H. The van der Waals surface area contributed by atoms with Crippen LogP contribution in [-0.4, -0.2) is 24.9 Å². The third-order valence-corrected chi connectivity index (χ3v) is 8.56. The van der Waals surface area contributed by atoms with E-state index >= 15 is 0 Å². The third-order valence-electron chi connectivity index (χ3n) is 8.56. The number of fused-ring (bicyclic) bond motifs is 3. The van der Waals surface area contributed by atoms with Crippen LogP contribution in [-0.2, 0) is 0 Å². The van der Waals surface area contributed by atoms with E-state index in [9.17, 15) is 0 Å². The number of hydrogen-bond donors (Lipinski definition) is 0. The first-order chi connectivity index (χ1) is 24.3. The maximum Gasteiger partial charge on any atom is 0.167 e. The van der Waals surface area contributed by atoms with Gasteiger partial charge in [0.05, 0.1) is 17.0 Å². The lowest BCUT2D eigenvalue weighted by atomic mass is 10.0. The molecule has 3 aromatic heterocycles. The minimum Gasteiger partial charge on any atom is -0.455 e. The Morgan fingerprint density at radius 1 is 0.327 bits per heavy atom. The van der Waals surface area contributed by atoms with Crippen molar-refractivity contribution in [2.45, 2.75) is 0 Å². The number of para-hydroxylation sites is 1. The molecule has 0 aliphatic rings. The summed E-state index contributed by atoms with van der Waals surface area (Å²) in [6.45, 7) is 0. The molecule has 0 aliphatic heterocycles. The second kappa shape index (κ2) is 12.1. The van der Waals surface area contributed by atoms with Crippen LogP contribution in [0.5, 0.6) is 0 Å². The molecule has 6 nitrogen and oxygen atoms in total. The predicted molar refractivity (Wildman–Crippen MR) is 195 cm³/mol. The Hall–Kier alpha value is -6.79. The van der Waals surface area contributed by atoms with Crippen molar-refractivity contribution in [3.05, 3.63) is 164 Å². The Morgan fingerprint density at radius 3 is 1.37 bits per heavy atom. The molecule has 3 heterocycles. The van der Waals surface area contributed by atoms with Gasteiger partial charge < -0.3 is 4.42 Å². The molecule has 0 N–H and O–H groups in total. The number of aromatic nitrogens is 5. The Bertz CT molecular complexity index is 2470. The maximum atomic E-state index is 6.56. The van der Waals surface area contributed by atoms with Crippen molar-refractivity contribution >= 4 is 21.9 Å². The summed E-state index contributed by atoms with van der Waals surface area (Å²) in [5, 5.41) is 1.92. The van der Waals surface area contributed by atoms with Crippen molar-refractivity contribution in [1.29, 1.82) is 0 Å². The lowest BCUT2D eigenvalue weighted by molar-refractivity contribution is 0.669. The average Bonchev–Trinajstić information content (AvgIpc) is 3.57. The summed E-state index contributed by atoms with van der Waals surface area (Å²) in [5.41, 5.74) is 8.78. The van der Waals surface area contributed by atoms with Gasteiger partial charge >= 0.3 is 0 Å². The van der Waals surface area contributed by atoms with Gasteiger partial charge in [-0.1, -0.05) is 133 Å². The van der Waals surface area contributed by atoms with Gasteiger partial charge in [-0.15, -0.1) is 0 Å². The number of benzene rings is 6. The smallest absolute Gasteiger partial charge is 0.167 e. The Labute approximate surface area is 282 Å². The molecule has 0 saturated heterocycles. The monoisotopic (exact) mass is 629 g/mol. The van der Waals surface area contributed by atoms with Crippen molar-refractivity contribution in [3.8, 4) is 68.1 Å². The van der Waals surface area contributed by atoms with E-state index in [1.54, 1.807) is 0 Å². The minimum absolute atomic E-state index is 0.545. The zero-order valence-electron chi connectivity index (χ0n) is 26.2. The van der Waals surface area contributed by atoms with E-state index in [0.717, 1.165) is 61.1 Å². The molecule has 49 heavy (non-hydrogen) atoms. The molecule has 0 amide bonds. The van der Waals surface area contributed by atoms with Crippen LogP contribution in [0.15, 0.2) is 168 Å². The van der Waals surface area contributed by atoms with Crippen LogP contribution in [0.3, 0.4) is 0 Å². The van der Waals surface area contributed by atoms with E-state index in [2.05, 4.69) is 36.4 Å². The van der Waals surface area contributed by atoms with Crippen LogP contribution in [0.1, 0.15) is 0 Å². The first-order valence-electron chi connectivity index (χ1n) is 16.1. The predicted octanol–water partition coefficient (Wildman–Crippen LogP) is 10.6. The van der Waals surface area contributed by atoms with E-state index < -0.39 is 0 Å². The summed E-state index contributed by atoms with van der Waals surface area (Å²) >= 11 is 0. The van der Waals surface area contributed by atoms with Gasteiger partial charge in [-0.2, -0.15) is 0 Å². The average molecular weight is 630 g/mol. The highest BCUT2D eigenvalue weighted by Crippen LogP contribution is 2.38. The Balaban J connectivity index is 1.20. The highest BCUT2D eigenvalue weighted by atomic mass is 16.3. The highest BCUT2D eigenvalue weighted by molar-refractivity contribution is 6.10. The SMILES string of the molecule is c1ccc(-c2cc(-c3ccccc3)nc(-c3ccc4oc5c(-c6nc(-c7ccccc7)nc(-c7ccccc7)n6)cccc5c4c3)n2)cc1. The van der Waals surface area contributed by atoms with Crippen LogP contribution in [0.2, 0.25) is 0 Å². The molecule has 6 heteroatoms. The molecule has 6 aromatic carbocycles. The zero-order valence-corrected chi connectivity index (χ0v) is 26.2. The highest BCUT2D eigenvalue weighted by Gasteiger charge is 2.19. The minimum atomic E-state index is 0.545. The molecule has 9 aromatic rings. The van der Waals surface area contributed by atoms with E-state index in [0.29, 0.717) is 28.9 Å². The number of furan rings is 1. The summed E-state index contributed by atoms with van der Waals surface area (Å²) < 4.78 is 6.56. The van der Waals surface area contributed by atoms with Crippen LogP contribution in [0.4, 0.5) is 0 Å². The van der Waals surface area contributed by atoms with Gasteiger partial charge in [0, 0.05) is 38.6 Å². The fourth-order valence-corrected chi connectivity index (χ4v) is 6.13. The van der Waals surface area contributed by atoms with E-state index in [-0.39, 0.29) is 0 Å². The van der Waals surface area contributed by atoms with E-state index in [4.69, 9.17) is 29.3 Å². The number of rotatable bonds is 6. The van der Waals surface area contributed by atoms with Crippen molar-refractivity contribution in [1.82, 2.24) is 24.9 Å². The molecule has 0 fully saturated rings. The first kappa shape index (κ1) is 28.4. The maximum absolute atomic E-state index is 6.56. The lowest BCUT2D eigenvalue weighted by Crippen LogP contribution is -2.00. The largest absolute Gasteiger partial charge is 0.455 e. The second-order valence-corrected chi connectivity index (χ2v) is 11.7. The van der Waals surface area contributed by atoms with Crippen LogP contribution in [0, 0.1) is 0 Å². The van der Waals surface area contributed by atoms with Crippen molar-refractivity contribution in [2.75, 3.05) is 0 Å². The van der Waals surface area contributed by atoms with Crippen molar-refractivity contribution < 1.29 is 4.42 Å². The fraction of sp³-hybridized carbons (Fsp3) is 0. The molecule has 0 unspecified atom stereocenters. The fourth-order valence-electron chi connectivity index (χ4n) is 6.13. The molecule has 0 radical (unpaired) electrons. The van der Waals surface area contributed by atoms with Gasteiger partial charge in [-0.25, -0.2) is 24.9 Å². The Morgan fingerprint density at radius 2 is 0.816 bits per heavy atom. The Kier molecular flexibility index (Phi) is 7.02. The second-order valence-electron chi connectivity index (χ2n) is 11.7. The summed E-state index contributed by atoms with van der Waals surface area (Å²) in [6, 6.07) is 54.6. The quantitative estimate of drug-likeness (QED) is 0.182. The summed E-state index contributed by atoms with van der Waals surface area (Å²) in [6.07, 6.45) is 0. The van der Waals surface area contributed by atoms with Crippen molar-refractivity contribution in [3.63, 3.8) is 0 Å². The van der Waals surface area contributed by atoms with E-state index in [1.807, 2.05) is 127 Å². The molecular formula is C43H27N5O. The molecule has 0 atom stereocenters. The molecule has 230 valence electrons. The van der Waals surface area contributed by atoms with E-state index in [1.165, 1.54) is 0 Å². The van der Waals surface area contributed by atoms with Gasteiger partial charge in [0.2, 0.25) is 0 Å². The molecule has 0 spiro atoms. The normalized spacial score (nSPS) is 11.3. The van der Waals surface area contributed by atoms with Crippen LogP contribution < -0.4 is 0 Å². The molecule has 9 rings (SSSR count). The molecule has 0 aliphatic carbocycles.